The van der Waals surface area contributed by atoms with Crippen molar-refractivity contribution in [3.63, 3.8) is 0 Å². The van der Waals surface area contributed by atoms with E-state index in [2.05, 4.69) is 19.2 Å². The summed E-state index contributed by atoms with van der Waals surface area (Å²) in [5, 5.41) is 2.91. The molecule has 1 aliphatic rings. The van der Waals surface area contributed by atoms with Gasteiger partial charge < -0.3 is 10.1 Å². The fourth-order valence-electron chi connectivity index (χ4n) is 3.08. The Morgan fingerprint density at radius 1 is 1.24 bits per heavy atom. The number of hydrogen-bond acceptors (Lipinski definition) is 3. The third-order valence-electron chi connectivity index (χ3n) is 4.41. The van der Waals surface area contributed by atoms with Gasteiger partial charge in [-0.1, -0.05) is 38.8 Å². The molecule has 0 aliphatic heterocycles. The molecule has 0 radical (unpaired) electrons. The highest BCUT2D eigenvalue weighted by Gasteiger charge is 2.37. The number of rotatable bonds is 3. The van der Waals surface area contributed by atoms with Gasteiger partial charge >= 0.3 is 5.97 Å². The highest BCUT2D eigenvalue weighted by Crippen LogP contribution is 2.41. The van der Waals surface area contributed by atoms with Crippen LogP contribution in [0.3, 0.4) is 0 Å². The number of carbonyl (C=O) groups is 2. The number of methoxy groups -OCH3 is 1. The summed E-state index contributed by atoms with van der Waals surface area (Å²) < 4.78 is 4.75. The standard InChI is InChI=1S/C17H23NO3/c1-17(2)11-7-6-9-13(17)15(19)18-14-10-5-4-8-12(14)16(20)21-3/h4-5,8,10,13H,6-7,9,11H2,1-3H3,(H,18,19). The average molecular weight is 289 g/mol. The third kappa shape index (κ3) is 3.43. The van der Waals surface area contributed by atoms with E-state index in [0.717, 1.165) is 19.3 Å². The van der Waals surface area contributed by atoms with Crippen molar-refractivity contribution in [1.82, 2.24) is 0 Å². The molecule has 0 heterocycles. The van der Waals surface area contributed by atoms with Crippen LogP contribution < -0.4 is 5.32 Å². The summed E-state index contributed by atoms with van der Waals surface area (Å²) in [6.45, 7) is 4.28. The third-order valence-corrected chi connectivity index (χ3v) is 4.41. The van der Waals surface area contributed by atoms with Crippen LogP contribution in [-0.2, 0) is 9.53 Å². The molecule has 1 N–H and O–H groups in total. The SMILES string of the molecule is COC(=O)c1ccccc1NC(=O)C1CCCCC1(C)C. The van der Waals surface area contributed by atoms with E-state index in [1.54, 1.807) is 24.3 Å². The second-order valence-corrected chi connectivity index (χ2v) is 6.31. The van der Waals surface area contributed by atoms with Crippen molar-refractivity contribution in [1.29, 1.82) is 0 Å². The molecule has 4 nitrogen and oxygen atoms in total. The molecule has 1 amide bonds. The van der Waals surface area contributed by atoms with E-state index >= 15 is 0 Å². The second-order valence-electron chi connectivity index (χ2n) is 6.31. The molecular formula is C17H23NO3. The van der Waals surface area contributed by atoms with Gasteiger partial charge in [0.25, 0.3) is 0 Å². The molecule has 1 aromatic rings. The molecule has 1 saturated carbocycles. The Labute approximate surface area is 125 Å². The smallest absolute Gasteiger partial charge is 0.339 e. The van der Waals surface area contributed by atoms with E-state index in [1.165, 1.54) is 13.5 Å². The van der Waals surface area contributed by atoms with Crippen LogP contribution in [0.5, 0.6) is 0 Å². The van der Waals surface area contributed by atoms with Gasteiger partial charge in [0, 0.05) is 5.92 Å². The van der Waals surface area contributed by atoms with E-state index < -0.39 is 5.97 Å². The number of amides is 1. The minimum Gasteiger partial charge on any atom is -0.465 e. The number of ether oxygens (including phenoxy) is 1. The Hall–Kier alpha value is -1.84. The van der Waals surface area contributed by atoms with Crippen LogP contribution >= 0.6 is 0 Å². The lowest BCUT2D eigenvalue weighted by molar-refractivity contribution is -0.124. The summed E-state index contributed by atoms with van der Waals surface area (Å²) in [4.78, 5) is 24.3. The average Bonchev–Trinajstić information content (AvgIpc) is 2.46. The molecule has 0 spiro atoms. The fourth-order valence-corrected chi connectivity index (χ4v) is 3.08. The predicted octanol–water partition coefficient (Wildman–Crippen LogP) is 3.63. The van der Waals surface area contributed by atoms with Crippen LogP contribution in [0.1, 0.15) is 49.9 Å². The molecule has 1 aromatic carbocycles. The summed E-state index contributed by atoms with van der Waals surface area (Å²) in [6.07, 6.45) is 4.22. The molecule has 1 atom stereocenters. The number of carbonyl (C=O) groups excluding carboxylic acids is 2. The lowest BCUT2D eigenvalue weighted by atomic mass is 9.68. The largest absolute Gasteiger partial charge is 0.465 e. The maximum atomic E-state index is 12.6. The molecular weight excluding hydrogens is 266 g/mol. The Kier molecular flexibility index (Phi) is 4.66. The number of hydrogen-bond donors (Lipinski definition) is 1. The van der Waals surface area contributed by atoms with Crippen molar-refractivity contribution < 1.29 is 14.3 Å². The first-order valence-electron chi connectivity index (χ1n) is 7.44. The minimum absolute atomic E-state index is 0.00252. The van der Waals surface area contributed by atoms with Crippen LogP contribution in [0, 0.1) is 11.3 Å². The quantitative estimate of drug-likeness (QED) is 0.864. The Balaban J connectivity index is 2.18. The van der Waals surface area contributed by atoms with E-state index in [-0.39, 0.29) is 17.2 Å². The molecule has 1 unspecified atom stereocenters. The molecule has 0 aromatic heterocycles. The molecule has 1 aliphatic carbocycles. The summed E-state index contributed by atoms with van der Waals surface area (Å²) in [7, 11) is 1.34. The van der Waals surface area contributed by atoms with Gasteiger partial charge in [-0.05, 0) is 30.4 Å². The zero-order valence-corrected chi connectivity index (χ0v) is 12.9. The van der Waals surface area contributed by atoms with Gasteiger partial charge in [-0.3, -0.25) is 4.79 Å². The first-order valence-corrected chi connectivity index (χ1v) is 7.44. The van der Waals surface area contributed by atoms with Crippen LogP contribution in [-0.4, -0.2) is 19.0 Å². The monoisotopic (exact) mass is 289 g/mol. The van der Waals surface area contributed by atoms with Crippen LogP contribution in [0.4, 0.5) is 5.69 Å². The molecule has 21 heavy (non-hydrogen) atoms. The predicted molar refractivity (Wildman–Crippen MR) is 82.2 cm³/mol. The molecule has 2 rings (SSSR count). The Morgan fingerprint density at radius 2 is 1.95 bits per heavy atom. The normalized spacial score (nSPS) is 20.6. The van der Waals surface area contributed by atoms with Crippen molar-refractivity contribution in [3.8, 4) is 0 Å². The van der Waals surface area contributed by atoms with Crippen molar-refractivity contribution in [3.05, 3.63) is 29.8 Å². The van der Waals surface area contributed by atoms with Crippen LogP contribution in [0.2, 0.25) is 0 Å². The second kappa shape index (κ2) is 6.29. The summed E-state index contributed by atoms with van der Waals surface area (Å²) in [6, 6.07) is 6.95. The number of benzene rings is 1. The van der Waals surface area contributed by atoms with Crippen molar-refractivity contribution in [2.45, 2.75) is 39.5 Å². The van der Waals surface area contributed by atoms with E-state index in [9.17, 15) is 9.59 Å². The van der Waals surface area contributed by atoms with Gasteiger partial charge in [0.05, 0.1) is 18.4 Å². The number of anilines is 1. The first-order chi connectivity index (χ1) is 9.95. The van der Waals surface area contributed by atoms with Gasteiger partial charge in [-0.25, -0.2) is 4.79 Å². The van der Waals surface area contributed by atoms with Gasteiger partial charge in [0.15, 0.2) is 0 Å². The van der Waals surface area contributed by atoms with Crippen LogP contribution in [0.25, 0.3) is 0 Å². The fraction of sp³-hybridized carbons (Fsp3) is 0.529. The zero-order chi connectivity index (χ0) is 15.5. The Morgan fingerprint density at radius 3 is 2.62 bits per heavy atom. The van der Waals surface area contributed by atoms with Crippen molar-refractivity contribution >= 4 is 17.6 Å². The molecule has 114 valence electrons. The molecule has 0 bridgehead atoms. The zero-order valence-electron chi connectivity index (χ0n) is 12.9. The van der Waals surface area contributed by atoms with Gasteiger partial charge in [-0.2, -0.15) is 0 Å². The minimum atomic E-state index is -0.436. The van der Waals surface area contributed by atoms with Crippen molar-refractivity contribution in [2.24, 2.45) is 11.3 Å². The Bertz CT molecular complexity index is 537. The van der Waals surface area contributed by atoms with E-state index in [4.69, 9.17) is 4.74 Å². The van der Waals surface area contributed by atoms with E-state index in [1.807, 2.05) is 0 Å². The number of nitrogens with one attached hydrogen (secondary N) is 1. The highest BCUT2D eigenvalue weighted by atomic mass is 16.5. The molecule has 1 fully saturated rings. The maximum Gasteiger partial charge on any atom is 0.339 e. The van der Waals surface area contributed by atoms with Gasteiger partial charge in [0.1, 0.15) is 0 Å². The number of esters is 1. The highest BCUT2D eigenvalue weighted by molar-refractivity contribution is 6.02. The summed E-state index contributed by atoms with van der Waals surface area (Å²) >= 11 is 0. The maximum absolute atomic E-state index is 12.6. The van der Waals surface area contributed by atoms with Gasteiger partial charge in [-0.15, -0.1) is 0 Å². The first kappa shape index (κ1) is 15.5. The molecule has 0 saturated heterocycles. The van der Waals surface area contributed by atoms with E-state index in [0.29, 0.717) is 11.3 Å². The number of para-hydroxylation sites is 1. The molecule has 4 heteroatoms. The van der Waals surface area contributed by atoms with Crippen LogP contribution in [0.15, 0.2) is 24.3 Å². The van der Waals surface area contributed by atoms with Gasteiger partial charge in [0.2, 0.25) is 5.91 Å². The lowest BCUT2D eigenvalue weighted by Gasteiger charge is -2.37. The summed E-state index contributed by atoms with van der Waals surface area (Å²) in [5.41, 5.74) is 0.917. The topological polar surface area (TPSA) is 55.4 Å². The lowest BCUT2D eigenvalue weighted by Crippen LogP contribution is -2.37. The van der Waals surface area contributed by atoms with Crippen molar-refractivity contribution in [2.75, 3.05) is 12.4 Å². The summed E-state index contributed by atoms with van der Waals surface area (Å²) in [5.74, 6) is -0.457.